The van der Waals surface area contributed by atoms with Gasteiger partial charge in [-0.3, -0.25) is 4.79 Å². The van der Waals surface area contributed by atoms with Gasteiger partial charge in [-0.15, -0.1) is 0 Å². The standard InChI is InChI=1S/C16H18O4/c1-10(2)13-8-11(4-6-15(13)19-3)14-7-5-12(20-14)9-16(17)18/h4-8,10H,9H2,1-3H3,(H,17,18). The minimum absolute atomic E-state index is 0.104. The number of aliphatic carboxylic acids is 1. The first-order valence-electron chi connectivity index (χ1n) is 6.50. The number of hydrogen-bond donors (Lipinski definition) is 1. The second-order valence-corrected chi connectivity index (χ2v) is 4.95. The first kappa shape index (κ1) is 14.2. The maximum Gasteiger partial charge on any atom is 0.311 e. The van der Waals surface area contributed by atoms with Crippen molar-refractivity contribution < 1.29 is 19.1 Å². The van der Waals surface area contributed by atoms with Gasteiger partial charge in [-0.05, 0) is 41.8 Å². The quantitative estimate of drug-likeness (QED) is 0.903. The van der Waals surface area contributed by atoms with Gasteiger partial charge >= 0.3 is 5.97 Å². The molecule has 0 aliphatic rings. The summed E-state index contributed by atoms with van der Waals surface area (Å²) in [6.45, 7) is 4.19. The van der Waals surface area contributed by atoms with Crippen LogP contribution in [0, 0.1) is 0 Å². The van der Waals surface area contributed by atoms with Crippen molar-refractivity contribution in [3.8, 4) is 17.1 Å². The second-order valence-electron chi connectivity index (χ2n) is 4.95. The van der Waals surface area contributed by atoms with Crippen molar-refractivity contribution in [2.45, 2.75) is 26.2 Å². The van der Waals surface area contributed by atoms with Crippen LogP contribution in [-0.4, -0.2) is 18.2 Å². The summed E-state index contributed by atoms with van der Waals surface area (Å²) in [4.78, 5) is 10.7. The monoisotopic (exact) mass is 274 g/mol. The van der Waals surface area contributed by atoms with Gasteiger partial charge in [0, 0.05) is 5.56 Å². The Bertz CT molecular complexity index is 611. The number of ether oxygens (including phenoxy) is 1. The third-order valence-corrected chi connectivity index (χ3v) is 3.12. The van der Waals surface area contributed by atoms with Crippen molar-refractivity contribution in [2.24, 2.45) is 0 Å². The highest BCUT2D eigenvalue weighted by Gasteiger charge is 2.12. The van der Waals surface area contributed by atoms with E-state index in [2.05, 4.69) is 13.8 Å². The molecule has 2 aromatic rings. The van der Waals surface area contributed by atoms with Crippen molar-refractivity contribution in [2.75, 3.05) is 7.11 Å². The van der Waals surface area contributed by atoms with E-state index in [0.717, 1.165) is 16.9 Å². The van der Waals surface area contributed by atoms with Crippen LogP contribution in [0.4, 0.5) is 0 Å². The van der Waals surface area contributed by atoms with Crippen LogP contribution in [0.3, 0.4) is 0 Å². The zero-order valence-electron chi connectivity index (χ0n) is 11.8. The van der Waals surface area contributed by atoms with Gasteiger partial charge in [-0.1, -0.05) is 13.8 Å². The summed E-state index contributed by atoms with van der Waals surface area (Å²) in [6.07, 6.45) is -0.104. The fourth-order valence-electron chi connectivity index (χ4n) is 2.12. The number of benzene rings is 1. The van der Waals surface area contributed by atoms with Gasteiger partial charge in [0.15, 0.2) is 0 Å². The highest BCUT2D eigenvalue weighted by Crippen LogP contribution is 2.32. The second kappa shape index (κ2) is 5.82. The lowest BCUT2D eigenvalue weighted by atomic mass is 9.99. The van der Waals surface area contributed by atoms with Crippen LogP contribution in [0.2, 0.25) is 0 Å². The van der Waals surface area contributed by atoms with Crippen molar-refractivity contribution >= 4 is 5.97 Å². The third-order valence-electron chi connectivity index (χ3n) is 3.12. The summed E-state index contributed by atoms with van der Waals surface area (Å²) < 4.78 is 10.9. The molecular formula is C16H18O4. The molecule has 4 nitrogen and oxygen atoms in total. The molecule has 0 saturated heterocycles. The summed E-state index contributed by atoms with van der Waals surface area (Å²) in [7, 11) is 1.65. The number of hydrogen-bond acceptors (Lipinski definition) is 3. The smallest absolute Gasteiger partial charge is 0.311 e. The van der Waals surface area contributed by atoms with Crippen LogP contribution in [0.15, 0.2) is 34.7 Å². The van der Waals surface area contributed by atoms with E-state index in [1.807, 2.05) is 18.2 Å². The van der Waals surface area contributed by atoms with Gasteiger partial charge in [0.2, 0.25) is 0 Å². The molecule has 0 bridgehead atoms. The van der Waals surface area contributed by atoms with E-state index in [1.54, 1.807) is 19.2 Å². The molecule has 1 aromatic heterocycles. The number of rotatable bonds is 5. The van der Waals surface area contributed by atoms with Gasteiger partial charge in [-0.25, -0.2) is 0 Å². The molecule has 0 spiro atoms. The van der Waals surface area contributed by atoms with E-state index < -0.39 is 5.97 Å². The Morgan fingerprint density at radius 1 is 1.30 bits per heavy atom. The lowest BCUT2D eigenvalue weighted by molar-refractivity contribution is -0.136. The Hall–Kier alpha value is -2.23. The Kier molecular flexibility index (Phi) is 4.13. The fourth-order valence-corrected chi connectivity index (χ4v) is 2.12. The summed E-state index contributed by atoms with van der Waals surface area (Å²) in [5.74, 6) is 1.41. The molecule has 1 heterocycles. The maximum absolute atomic E-state index is 10.7. The Morgan fingerprint density at radius 3 is 2.65 bits per heavy atom. The largest absolute Gasteiger partial charge is 0.496 e. The summed E-state index contributed by atoms with van der Waals surface area (Å²) in [6, 6.07) is 9.33. The van der Waals surface area contributed by atoms with E-state index in [9.17, 15) is 4.79 Å². The number of furan rings is 1. The molecule has 0 unspecified atom stereocenters. The van der Waals surface area contributed by atoms with Crippen molar-refractivity contribution in [3.05, 3.63) is 41.7 Å². The van der Waals surface area contributed by atoms with Gasteiger partial charge < -0.3 is 14.3 Å². The molecule has 1 aromatic carbocycles. The summed E-state index contributed by atoms with van der Waals surface area (Å²) in [5, 5.41) is 8.76. The van der Waals surface area contributed by atoms with E-state index in [-0.39, 0.29) is 6.42 Å². The molecule has 0 aliphatic carbocycles. The number of carboxylic acid groups (broad SMARTS) is 1. The van der Waals surface area contributed by atoms with Crippen molar-refractivity contribution in [3.63, 3.8) is 0 Å². The fraction of sp³-hybridized carbons (Fsp3) is 0.312. The highest BCUT2D eigenvalue weighted by atomic mass is 16.5. The molecule has 106 valence electrons. The molecule has 1 N–H and O–H groups in total. The molecule has 2 rings (SSSR count). The first-order valence-corrected chi connectivity index (χ1v) is 6.50. The van der Waals surface area contributed by atoms with Crippen LogP contribution in [0.25, 0.3) is 11.3 Å². The predicted octanol–water partition coefficient (Wildman–Crippen LogP) is 3.71. The maximum atomic E-state index is 10.7. The lowest BCUT2D eigenvalue weighted by Gasteiger charge is -2.12. The summed E-state index contributed by atoms with van der Waals surface area (Å²) >= 11 is 0. The molecule has 0 amide bonds. The normalized spacial score (nSPS) is 10.8. The molecule has 0 fully saturated rings. The molecule has 4 heteroatoms. The van der Waals surface area contributed by atoms with Gasteiger partial charge in [0.05, 0.1) is 7.11 Å². The third kappa shape index (κ3) is 3.02. The average molecular weight is 274 g/mol. The van der Waals surface area contributed by atoms with E-state index >= 15 is 0 Å². The Morgan fingerprint density at radius 2 is 2.05 bits per heavy atom. The molecule has 0 radical (unpaired) electrons. The van der Waals surface area contributed by atoms with Crippen LogP contribution in [0.5, 0.6) is 5.75 Å². The SMILES string of the molecule is COc1ccc(-c2ccc(CC(=O)O)o2)cc1C(C)C. The lowest BCUT2D eigenvalue weighted by Crippen LogP contribution is -1.98. The highest BCUT2D eigenvalue weighted by molar-refractivity contribution is 5.70. The average Bonchev–Trinajstić information content (AvgIpc) is 2.85. The minimum Gasteiger partial charge on any atom is -0.496 e. The Balaban J connectivity index is 2.35. The molecule has 0 atom stereocenters. The first-order chi connectivity index (χ1) is 9.51. The number of carboxylic acids is 1. The number of carbonyl (C=O) groups is 1. The Labute approximate surface area is 118 Å². The van der Waals surface area contributed by atoms with Crippen LogP contribution in [-0.2, 0) is 11.2 Å². The van der Waals surface area contributed by atoms with Gasteiger partial charge in [0.25, 0.3) is 0 Å². The molecule has 0 saturated carbocycles. The van der Waals surface area contributed by atoms with E-state index in [1.165, 1.54) is 0 Å². The zero-order chi connectivity index (χ0) is 14.7. The topological polar surface area (TPSA) is 59.7 Å². The van der Waals surface area contributed by atoms with E-state index in [4.69, 9.17) is 14.3 Å². The van der Waals surface area contributed by atoms with Crippen molar-refractivity contribution in [1.82, 2.24) is 0 Å². The summed E-state index contributed by atoms with van der Waals surface area (Å²) in [5.41, 5.74) is 2.02. The molecular weight excluding hydrogens is 256 g/mol. The number of methoxy groups -OCH3 is 1. The van der Waals surface area contributed by atoms with Gasteiger partial charge in [-0.2, -0.15) is 0 Å². The van der Waals surface area contributed by atoms with E-state index in [0.29, 0.717) is 17.4 Å². The molecule has 20 heavy (non-hydrogen) atoms. The van der Waals surface area contributed by atoms with Crippen LogP contribution < -0.4 is 4.74 Å². The van der Waals surface area contributed by atoms with Crippen molar-refractivity contribution in [1.29, 1.82) is 0 Å². The van der Waals surface area contributed by atoms with Crippen LogP contribution in [0.1, 0.15) is 31.1 Å². The van der Waals surface area contributed by atoms with Crippen LogP contribution >= 0.6 is 0 Å². The zero-order valence-corrected chi connectivity index (χ0v) is 11.8. The van der Waals surface area contributed by atoms with Gasteiger partial charge in [0.1, 0.15) is 23.7 Å². The molecule has 0 aliphatic heterocycles. The minimum atomic E-state index is -0.900. The predicted molar refractivity (Wildman–Crippen MR) is 76.1 cm³/mol.